The number of hydrogen-bond acceptors (Lipinski definition) is 8. The zero-order valence-corrected chi connectivity index (χ0v) is 16.8. The number of rotatable bonds is 4. The molecule has 3 aromatic rings. The standard InChI is InChI=1S/C19H21N5O4S/c1-19(26)9-3-4-14(19)24-16(25)8-5-12-10-21-18(23-17(12)24)22-15-7-6-13(11-20-15)29(2,27)28/h5-8,10-11,14,26H,3-4,9H2,1-2H3,(H,20,21,22,23)/t14-,19-/m1/s1. The molecule has 3 heterocycles. The summed E-state index contributed by atoms with van der Waals surface area (Å²) in [6.07, 6.45) is 6.09. The smallest absolute Gasteiger partial charge is 0.252 e. The Labute approximate surface area is 167 Å². The van der Waals surface area contributed by atoms with Crippen molar-refractivity contribution in [3.05, 3.63) is 47.0 Å². The number of sulfone groups is 1. The van der Waals surface area contributed by atoms with Crippen molar-refractivity contribution in [1.82, 2.24) is 19.5 Å². The van der Waals surface area contributed by atoms with Crippen LogP contribution in [0, 0.1) is 0 Å². The lowest BCUT2D eigenvalue weighted by Gasteiger charge is -2.28. The molecular weight excluding hydrogens is 394 g/mol. The zero-order chi connectivity index (χ0) is 20.8. The third-order valence-electron chi connectivity index (χ3n) is 5.26. The van der Waals surface area contributed by atoms with Gasteiger partial charge in [0, 0.05) is 30.1 Å². The molecule has 2 atom stereocenters. The fourth-order valence-corrected chi connectivity index (χ4v) is 4.29. The van der Waals surface area contributed by atoms with E-state index in [9.17, 15) is 18.3 Å². The van der Waals surface area contributed by atoms with E-state index in [2.05, 4.69) is 20.3 Å². The van der Waals surface area contributed by atoms with Crippen LogP contribution in [0.5, 0.6) is 0 Å². The first-order chi connectivity index (χ1) is 13.6. The third-order valence-corrected chi connectivity index (χ3v) is 6.36. The van der Waals surface area contributed by atoms with E-state index in [4.69, 9.17) is 0 Å². The van der Waals surface area contributed by atoms with Crippen LogP contribution in [0.1, 0.15) is 32.2 Å². The van der Waals surface area contributed by atoms with Gasteiger partial charge in [-0.05, 0) is 44.4 Å². The molecule has 0 aromatic carbocycles. The number of hydrogen-bond donors (Lipinski definition) is 2. The SMILES string of the molecule is C[C@@]1(O)CCC[C@H]1n1c(=O)ccc2cnc(Nc3ccc(S(C)(=O)=O)cn3)nc21. The molecule has 10 heteroatoms. The summed E-state index contributed by atoms with van der Waals surface area (Å²) in [4.78, 5) is 25.5. The first-order valence-electron chi connectivity index (χ1n) is 9.19. The maximum Gasteiger partial charge on any atom is 0.252 e. The Morgan fingerprint density at radius 1 is 1.21 bits per heavy atom. The molecule has 0 unspecified atom stereocenters. The van der Waals surface area contributed by atoms with Gasteiger partial charge in [0.1, 0.15) is 11.5 Å². The predicted molar refractivity (Wildman–Crippen MR) is 108 cm³/mol. The average Bonchev–Trinajstić information content (AvgIpc) is 3.00. The zero-order valence-electron chi connectivity index (χ0n) is 16.0. The van der Waals surface area contributed by atoms with Crippen LogP contribution in [0.2, 0.25) is 0 Å². The summed E-state index contributed by atoms with van der Waals surface area (Å²) < 4.78 is 24.7. The van der Waals surface area contributed by atoms with Gasteiger partial charge in [0.25, 0.3) is 5.56 Å². The van der Waals surface area contributed by atoms with Gasteiger partial charge in [-0.1, -0.05) is 0 Å². The lowest BCUT2D eigenvalue weighted by molar-refractivity contribution is 0.0267. The van der Waals surface area contributed by atoms with E-state index in [0.29, 0.717) is 29.7 Å². The molecule has 4 rings (SSSR count). The van der Waals surface area contributed by atoms with Crippen molar-refractivity contribution in [2.75, 3.05) is 11.6 Å². The Hall–Kier alpha value is -2.85. The van der Waals surface area contributed by atoms with Crippen LogP contribution in [-0.4, -0.2) is 44.9 Å². The van der Waals surface area contributed by atoms with Gasteiger partial charge in [-0.3, -0.25) is 9.36 Å². The van der Waals surface area contributed by atoms with Gasteiger partial charge in [0.2, 0.25) is 5.95 Å². The molecule has 29 heavy (non-hydrogen) atoms. The van der Waals surface area contributed by atoms with Gasteiger partial charge < -0.3 is 10.4 Å². The minimum atomic E-state index is -3.34. The van der Waals surface area contributed by atoms with Crippen molar-refractivity contribution in [3.63, 3.8) is 0 Å². The molecule has 1 aliphatic rings. The van der Waals surface area contributed by atoms with Crippen molar-refractivity contribution in [2.24, 2.45) is 0 Å². The molecule has 152 valence electrons. The molecular formula is C19H21N5O4S. The summed E-state index contributed by atoms with van der Waals surface area (Å²) in [7, 11) is -3.34. The Morgan fingerprint density at radius 2 is 2.00 bits per heavy atom. The fourth-order valence-electron chi connectivity index (χ4n) is 3.73. The van der Waals surface area contributed by atoms with Crippen LogP contribution >= 0.6 is 0 Å². The van der Waals surface area contributed by atoms with Crippen molar-refractivity contribution in [1.29, 1.82) is 0 Å². The minimum absolute atomic E-state index is 0.111. The summed E-state index contributed by atoms with van der Waals surface area (Å²) in [6, 6.07) is 5.70. The molecule has 0 aliphatic heterocycles. The molecule has 0 amide bonds. The van der Waals surface area contributed by atoms with Gasteiger partial charge in [-0.15, -0.1) is 0 Å². The van der Waals surface area contributed by atoms with Crippen LogP contribution in [0.15, 0.2) is 46.3 Å². The van der Waals surface area contributed by atoms with Crippen molar-refractivity contribution < 1.29 is 13.5 Å². The summed E-state index contributed by atoms with van der Waals surface area (Å²) in [5.74, 6) is 0.587. The molecule has 1 fully saturated rings. The van der Waals surface area contributed by atoms with E-state index >= 15 is 0 Å². The largest absolute Gasteiger partial charge is 0.388 e. The van der Waals surface area contributed by atoms with Crippen LogP contribution in [0.3, 0.4) is 0 Å². The van der Waals surface area contributed by atoms with Crippen LogP contribution < -0.4 is 10.9 Å². The topological polar surface area (TPSA) is 127 Å². The minimum Gasteiger partial charge on any atom is -0.388 e. The second-order valence-electron chi connectivity index (χ2n) is 7.56. The quantitative estimate of drug-likeness (QED) is 0.660. The highest BCUT2D eigenvalue weighted by Gasteiger charge is 2.39. The Kier molecular flexibility index (Phi) is 4.62. The predicted octanol–water partition coefficient (Wildman–Crippen LogP) is 1.81. The number of aliphatic hydroxyl groups is 1. The summed E-state index contributed by atoms with van der Waals surface area (Å²) in [5.41, 5.74) is -0.792. The normalized spacial score (nSPS) is 22.1. The van der Waals surface area contributed by atoms with E-state index in [1.807, 2.05) is 0 Å². The van der Waals surface area contributed by atoms with Crippen LogP contribution in [0.4, 0.5) is 11.8 Å². The summed E-state index contributed by atoms with van der Waals surface area (Å²) in [5, 5.41) is 14.3. The number of fused-ring (bicyclic) bond motifs is 1. The maximum atomic E-state index is 12.6. The number of aromatic nitrogens is 4. The second kappa shape index (κ2) is 6.89. The highest BCUT2D eigenvalue weighted by atomic mass is 32.2. The van der Waals surface area contributed by atoms with Crippen molar-refractivity contribution in [2.45, 2.75) is 42.7 Å². The van der Waals surface area contributed by atoms with E-state index in [1.165, 1.54) is 29.0 Å². The van der Waals surface area contributed by atoms with Gasteiger partial charge in [-0.2, -0.15) is 4.98 Å². The molecule has 1 saturated carbocycles. The summed E-state index contributed by atoms with van der Waals surface area (Å²) in [6.45, 7) is 1.74. The molecule has 9 nitrogen and oxygen atoms in total. The van der Waals surface area contributed by atoms with Crippen LogP contribution in [0.25, 0.3) is 11.0 Å². The molecule has 0 spiro atoms. The molecule has 1 aliphatic carbocycles. The molecule has 2 N–H and O–H groups in total. The van der Waals surface area contributed by atoms with Gasteiger partial charge in [0.05, 0.1) is 16.5 Å². The first-order valence-corrected chi connectivity index (χ1v) is 11.1. The number of anilines is 2. The first kappa shape index (κ1) is 19.5. The van der Waals surface area contributed by atoms with Crippen molar-refractivity contribution in [3.8, 4) is 0 Å². The Balaban J connectivity index is 1.74. The van der Waals surface area contributed by atoms with Crippen LogP contribution in [-0.2, 0) is 9.84 Å². The molecule has 0 radical (unpaired) electrons. The van der Waals surface area contributed by atoms with Gasteiger partial charge in [-0.25, -0.2) is 18.4 Å². The number of nitrogens with zero attached hydrogens (tertiary/aromatic N) is 4. The lowest BCUT2D eigenvalue weighted by atomic mass is 10.00. The number of pyridine rings is 2. The average molecular weight is 415 g/mol. The highest BCUT2D eigenvalue weighted by molar-refractivity contribution is 7.90. The third kappa shape index (κ3) is 3.73. The van der Waals surface area contributed by atoms with Gasteiger partial charge in [0.15, 0.2) is 9.84 Å². The van der Waals surface area contributed by atoms with E-state index in [0.717, 1.165) is 12.7 Å². The maximum absolute atomic E-state index is 12.6. The van der Waals surface area contributed by atoms with E-state index in [1.54, 1.807) is 19.2 Å². The molecule has 0 bridgehead atoms. The highest BCUT2D eigenvalue weighted by Crippen LogP contribution is 2.39. The fraction of sp³-hybridized carbons (Fsp3) is 0.368. The lowest BCUT2D eigenvalue weighted by Crippen LogP contribution is -2.37. The van der Waals surface area contributed by atoms with E-state index in [-0.39, 0.29) is 22.4 Å². The number of nitrogens with one attached hydrogen (secondary N) is 1. The summed E-state index contributed by atoms with van der Waals surface area (Å²) >= 11 is 0. The van der Waals surface area contributed by atoms with Crippen molar-refractivity contribution >= 4 is 32.6 Å². The molecule has 0 saturated heterocycles. The van der Waals surface area contributed by atoms with E-state index < -0.39 is 15.4 Å². The Bertz CT molecular complexity index is 1240. The monoisotopic (exact) mass is 415 g/mol. The van der Waals surface area contributed by atoms with Gasteiger partial charge >= 0.3 is 0 Å². The Morgan fingerprint density at radius 3 is 2.62 bits per heavy atom. The molecule has 3 aromatic heterocycles. The second-order valence-corrected chi connectivity index (χ2v) is 9.57.